The number of esters is 1. The van der Waals surface area contributed by atoms with Gasteiger partial charge in [0, 0.05) is 0 Å². The average Bonchev–Trinajstić information content (AvgIpc) is 2.43. The number of hydrogen-bond donors (Lipinski definition) is 0. The van der Waals surface area contributed by atoms with Crippen molar-refractivity contribution in [3.63, 3.8) is 0 Å². The molecule has 0 amide bonds. The molecule has 0 heterocycles. The molecular weight excluding hydrogens is 276 g/mol. The first kappa shape index (κ1) is 18.5. The highest BCUT2D eigenvalue weighted by molar-refractivity contribution is 5.73. The molecule has 3 heteroatoms. The smallest absolute Gasteiger partial charge is 0.310 e. The van der Waals surface area contributed by atoms with Crippen molar-refractivity contribution in [3.8, 4) is 5.75 Å². The second-order valence-electron chi connectivity index (χ2n) is 7.40. The summed E-state index contributed by atoms with van der Waals surface area (Å²) in [6.45, 7) is 12.5. The van der Waals surface area contributed by atoms with Crippen molar-refractivity contribution >= 4 is 5.97 Å². The minimum absolute atomic E-state index is 0.0896. The van der Waals surface area contributed by atoms with Gasteiger partial charge in [-0.1, -0.05) is 46.8 Å². The van der Waals surface area contributed by atoms with E-state index >= 15 is 0 Å². The fourth-order valence-corrected chi connectivity index (χ4v) is 2.47. The Morgan fingerprint density at radius 2 is 1.64 bits per heavy atom. The van der Waals surface area contributed by atoms with Crippen molar-refractivity contribution in [1.29, 1.82) is 0 Å². The number of carbonyl (C=O) groups excluding carboxylic acids is 1. The Hall–Kier alpha value is -1.51. The van der Waals surface area contributed by atoms with Gasteiger partial charge in [0.15, 0.2) is 0 Å². The maximum atomic E-state index is 12.6. The van der Waals surface area contributed by atoms with Crippen LogP contribution in [-0.4, -0.2) is 13.1 Å². The minimum Gasteiger partial charge on any atom is -0.497 e. The van der Waals surface area contributed by atoms with E-state index in [0.717, 1.165) is 17.7 Å². The Balaban J connectivity index is 2.78. The van der Waals surface area contributed by atoms with E-state index in [4.69, 9.17) is 9.47 Å². The molecule has 0 aliphatic heterocycles. The van der Waals surface area contributed by atoms with E-state index in [2.05, 4.69) is 34.6 Å². The van der Waals surface area contributed by atoms with Gasteiger partial charge in [-0.2, -0.15) is 0 Å². The summed E-state index contributed by atoms with van der Waals surface area (Å²) in [5, 5.41) is 0. The van der Waals surface area contributed by atoms with Crippen LogP contribution >= 0.6 is 0 Å². The normalized spacial score (nSPS) is 14.5. The molecule has 0 saturated carbocycles. The maximum Gasteiger partial charge on any atom is 0.310 e. The Morgan fingerprint density at radius 3 is 2.05 bits per heavy atom. The highest BCUT2D eigenvalue weighted by atomic mass is 16.5. The van der Waals surface area contributed by atoms with Gasteiger partial charge >= 0.3 is 5.97 Å². The predicted molar refractivity (Wildman–Crippen MR) is 89.9 cm³/mol. The summed E-state index contributed by atoms with van der Waals surface area (Å²) < 4.78 is 10.9. The van der Waals surface area contributed by atoms with Crippen LogP contribution in [0.4, 0.5) is 0 Å². The molecule has 0 radical (unpaired) electrons. The van der Waals surface area contributed by atoms with Crippen molar-refractivity contribution in [3.05, 3.63) is 29.8 Å². The number of ether oxygens (including phenoxy) is 2. The van der Waals surface area contributed by atoms with Gasteiger partial charge in [-0.15, -0.1) is 0 Å². The highest BCUT2D eigenvalue weighted by Crippen LogP contribution is 2.34. The highest BCUT2D eigenvalue weighted by Gasteiger charge is 2.34. The summed E-state index contributed by atoms with van der Waals surface area (Å²) >= 11 is 0. The Morgan fingerprint density at radius 1 is 1.09 bits per heavy atom. The zero-order valence-electron chi connectivity index (χ0n) is 15.0. The van der Waals surface area contributed by atoms with Crippen molar-refractivity contribution in [2.45, 2.75) is 54.1 Å². The van der Waals surface area contributed by atoms with Crippen LogP contribution in [0.1, 0.15) is 59.6 Å². The minimum atomic E-state index is -0.254. The molecule has 22 heavy (non-hydrogen) atoms. The van der Waals surface area contributed by atoms with Gasteiger partial charge in [0.2, 0.25) is 0 Å². The molecule has 0 aliphatic rings. The molecule has 124 valence electrons. The molecule has 1 unspecified atom stereocenters. The molecule has 0 saturated heterocycles. The third-order valence-electron chi connectivity index (χ3n) is 3.92. The SMILES string of the molecule is COc1ccc(C(C)OC(=O)[C@@H](CC(C)C)C(C)(C)C)cc1. The number of hydrogen-bond acceptors (Lipinski definition) is 3. The summed E-state index contributed by atoms with van der Waals surface area (Å²) in [4.78, 5) is 12.6. The fourth-order valence-electron chi connectivity index (χ4n) is 2.47. The summed E-state index contributed by atoms with van der Waals surface area (Å²) in [6, 6.07) is 7.64. The van der Waals surface area contributed by atoms with Crippen LogP contribution in [0.25, 0.3) is 0 Å². The molecule has 0 N–H and O–H groups in total. The van der Waals surface area contributed by atoms with Gasteiger partial charge < -0.3 is 9.47 Å². The van der Waals surface area contributed by atoms with E-state index in [9.17, 15) is 4.79 Å². The quantitative estimate of drug-likeness (QED) is 0.693. The summed E-state index contributed by atoms with van der Waals surface area (Å²) in [5.41, 5.74) is 0.882. The zero-order chi connectivity index (χ0) is 16.9. The van der Waals surface area contributed by atoms with Crippen molar-refractivity contribution in [2.24, 2.45) is 17.3 Å². The van der Waals surface area contributed by atoms with Crippen molar-refractivity contribution in [2.75, 3.05) is 7.11 Å². The first-order valence-electron chi connectivity index (χ1n) is 7.99. The van der Waals surface area contributed by atoms with E-state index in [1.54, 1.807) is 7.11 Å². The van der Waals surface area contributed by atoms with Gasteiger partial charge in [0.25, 0.3) is 0 Å². The lowest BCUT2D eigenvalue weighted by Gasteiger charge is -2.31. The largest absolute Gasteiger partial charge is 0.497 e. The van der Waals surface area contributed by atoms with Crippen LogP contribution in [-0.2, 0) is 9.53 Å². The molecule has 0 aromatic heterocycles. The molecule has 0 spiro atoms. The Labute approximate surface area is 135 Å². The van der Waals surface area contributed by atoms with Crippen LogP contribution in [0.15, 0.2) is 24.3 Å². The fraction of sp³-hybridized carbons (Fsp3) is 0.632. The van der Waals surface area contributed by atoms with E-state index in [-0.39, 0.29) is 23.4 Å². The van der Waals surface area contributed by atoms with Crippen molar-refractivity contribution < 1.29 is 14.3 Å². The molecule has 3 nitrogen and oxygen atoms in total. The Kier molecular flexibility index (Phi) is 6.46. The van der Waals surface area contributed by atoms with Crippen LogP contribution < -0.4 is 4.74 Å². The van der Waals surface area contributed by atoms with Crippen LogP contribution in [0.3, 0.4) is 0 Å². The van der Waals surface area contributed by atoms with Crippen molar-refractivity contribution in [1.82, 2.24) is 0 Å². The Bertz CT molecular complexity index is 468. The van der Waals surface area contributed by atoms with Crippen LogP contribution in [0.5, 0.6) is 5.75 Å². The molecule has 0 aliphatic carbocycles. The first-order valence-corrected chi connectivity index (χ1v) is 7.99. The number of benzene rings is 1. The number of carbonyl (C=O) groups is 1. The maximum absolute atomic E-state index is 12.6. The topological polar surface area (TPSA) is 35.5 Å². The lowest BCUT2D eigenvalue weighted by Crippen LogP contribution is -2.32. The summed E-state index contributed by atoms with van der Waals surface area (Å²) in [7, 11) is 1.64. The molecule has 0 fully saturated rings. The van der Waals surface area contributed by atoms with E-state index in [1.165, 1.54) is 0 Å². The monoisotopic (exact) mass is 306 g/mol. The molecule has 2 atom stereocenters. The third kappa shape index (κ3) is 5.36. The number of rotatable bonds is 6. The van der Waals surface area contributed by atoms with Gasteiger partial charge in [-0.3, -0.25) is 4.79 Å². The predicted octanol–water partition coefficient (Wildman–Crippen LogP) is 5.01. The van der Waals surface area contributed by atoms with Gasteiger partial charge in [-0.05, 0) is 42.4 Å². The zero-order valence-corrected chi connectivity index (χ0v) is 15.0. The molecule has 0 bridgehead atoms. The second kappa shape index (κ2) is 7.66. The average molecular weight is 306 g/mol. The molecular formula is C19H30O3. The summed E-state index contributed by atoms with van der Waals surface area (Å²) in [5.74, 6) is 1.07. The molecule has 1 aromatic carbocycles. The standard InChI is InChI=1S/C19H30O3/c1-13(2)12-17(19(4,5)6)18(20)22-14(3)15-8-10-16(21-7)11-9-15/h8-11,13-14,17H,12H2,1-7H3/t14?,17-/m1/s1. The van der Waals surface area contributed by atoms with Crippen LogP contribution in [0.2, 0.25) is 0 Å². The number of methoxy groups -OCH3 is 1. The first-order chi connectivity index (χ1) is 10.1. The molecule has 1 rings (SSSR count). The van der Waals surface area contributed by atoms with Gasteiger partial charge in [0.05, 0.1) is 13.0 Å². The second-order valence-corrected chi connectivity index (χ2v) is 7.40. The van der Waals surface area contributed by atoms with Gasteiger partial charge in [-0.25, -0.2) is 0 Å². The lowest BCUT2D eigenvalue weighted by atomic mass is 9.76. The van der Waals surface area contributed by atoms with Gasteiger partial charge in [0.1, 0.15) is 11.9 Å². The van der Waals surface area contributed by atoms with E-state index in [1.807, 2.05) is 31.2 Å². The van der Waals surface area contributed by atoms with Crippen LogP contribution in [0, 0.1) is 17.3 Å². The molecule has 1 aromatic rings. The third-order valence-corrected chi connectivity index (χ3v) is 3.92. The lowest BCUT2D eigenvalue weighted by molar-refractivity contribution is -0.158. The summed E-state index contributed by atoms with van der Waals surface area (Å²) in [6.07, 6.45) is 0.591. The van der Waals surface area contributed by atoms with E-state index < -0.39 is 0 Å². The van der Waals surface area contributed by atoms with E-state index in [0.29, 0.717) is 5.92 Å².